The molecule has 3 aliphatic heterocycles. The lowest BCUT2D eigenvalue weighted by Gasteiger charge is -2.37. The molecule has 0 unspecified atom stereocenters. The van der Waals surface area contributed by atoms with Crippen LogP contribution in [0.1, 0.15) is 31.4 Å². The molecule has 1 amide bonds. The van der Waals surface area contributed by atoms with Gasteiger partial charge in [0.1, 0.15) is 0 Å². The number of para-hydroxylation sites is 1. The van der Waals surface area contributed by atoms with Crippen LogP contribution in [0.4, 0.5) is 0 Å². The molecular weight excluding hydrogens is 458 g/mol. The summed E-state index contributed by atoms with van der Waals surface area (Å²) in [5.41, 5.74) is 2.57. The summed E-state index contributed by atoms with van der Waals surface area (Å²) in [4.78, 5) is 34.7. The third-order valence-electron chi connectivity index (χ3n) is 6.05. The zero-order valence-electron chi connectivity index (χ0n) is 19.8. The molecule has 0 bridgehead atoms. The number of amides is 1. The van der Waals surface area contributed by atoms with Crippen LogP contribution in [-0.2, 0) is 19.1 Å². The molecule has 0 aromatic heterocycles. The van der Waals surface area contributed by atoms with Gasteiger partial charge in [0, 0.05) is 24.4 Å². The van der Waals surface area contributed by atoms with Gasteiger partial charge in [-0.05, 0) is 17.9 Å². The Kier molecular flexibility index (Phi) is 7.47. The van der Waals surface area contributed by atoms with E-state index in [9.17, 15) is 9.59 Å². The number of amidine groups is 1. The molecule has 3 aliphatic rings. The molecule has 4 rings (SSSR count). The van der Waals surface area contributed by atoms with Crippen molar-refractivity contribution in [3.63, 3.8) is 0 Å². The largest absolute Gasteiger partial charge is 0.493 e. The average Bonchev–Trinajstić information content (AvgIpc) is 3.28. The van der Waals surface area contributed by atoms with E-state index in [1.54, 1.807) is 20.3 Å². The van der Waals surface area contributed by atoms with Gasteiger partial charge in [-0.25, -0.2) is 9.79 Å². The predicted octanol–water partition coefficient (Wildman–Crippen LogP) is 3.09. The lowest BCUT2D eigenvalue weighted by atomic mass is 9.92. The molecule has 34 heavy (non-hydrogen) atoms. The SMILES string of the molecule is CCC1=C(C(=O)OC)[C@@H](c2cccc(OC)c2OC)N2C(CC(=O)N3CCOCC3)=CSC2=N1. The van der Waals surface area contributed by atoms with E-state index in [-0.39, 0.29) is 12.3 Å². The summed E-state index contributed by atoms with van der Waals surface area (Å²) in [5, 5.41) is 2.65. The molecule has 0 radical (unpaired) electrons. The summed E-state index contributed by atoms with van der Waals surface area (Å²) in [6, 6.07) is 4.97. The molecule has 0 N–H and O–H groups in total. The van der Waals surface area contributed by atoms with Crippen LogP contribution in [0.2, 0.25) is 0 Å². The fraction of sp³-hybridized carbons (Fsp3) is 0.458. The van der Waals surface area contributed by atoms with E-state index in [4.69, 9.17) is 23.9 Å². The smallest absolute Gasteiger partial charge is 0.338 e. The van der Waals surface area contributed by atoms with Gasteiger partial charge in [-0.3, -0.25) is 4.79 Å². The number of methoxy groups -OCH3 is 3. The first-order chi connectivity index (χ1) is 16.5. The number of esters is 1. The second-order valence-corrected chi connectivity index (χ2v) is 8.69. The van der Waals surface area contributed by atoms with Gasteiger partial charge in [-0.1, -0.05) is 30.8 Å². The first-order valence-corrected chi connectivity index (χ1v) is 12.0. The lowest BCUT2D eigenvalue weighted by molar-refractivity contribution is -0.136. The van der Waals surface area contributed by atoms with Crippen molar-refractivity contribution in [2.45, 2.75) is 25.8 Å². The Hall–Kier alpha value is -2.98. The highest BCUT2D eigenvalue weighted by Crippen LogP contribution is 2.49. The van der Waals surface area contributed by atoms with Crippen molar-refractivity contribution in [2.75, 3.05) is 47.6 Å². The predicted molar refractivity (Wildman–Crippen MR) is 129 cm³/mol. The van der Waals surface area contributed by atoms with Gasteiger partial charge in [0.05, 0.1) is 58.3 Å². The van der Waals surface area contributed by atoms with Crippen molar-refractivity contribution >= 4 is 28.8 Å². The van der Waals surface area contributed by atoms with Crippen LogP contribution >= 0.6 is 11.8 Å². The van der Waals surface area contributed by atoms with Crippen LogP contribution < -0.4 is 9.47 Å². The maximum absolute atomic E-state index is 13.1. The molecule has 10 heteroatoms. The minimum Gasteiger partial charge on any atom is -0.493 e. The quantitative estimate of drug-likeness (QED) is 0.542. The average molecular weight is 488 g/mol. The van der Waals surface area contributed by atoms with Crippen molar-refractivity contribution in [3.05, 3.63) is 46.1 Å². The van der Waals surface area contributed by atoms with E-state index >= 15 is 0 Å². The number of ether oxygens (including phenoxy) is 4. The standard InChI is InChI=1S/C24H29N3O6S/c1-5-17-20(23(29)32-4)21(16-7-6-8-18(30-2)22(16)31-3)27-15(14-34-24(27)25-17)13-19(28)26-9-11-33-12-10-26/h6-8,14,21H,5,9-13H2,1-4H3/t21-/m1/s1. The summed E-state index contributed by atoms with van der Waals surface area (Å²) in [6.07, 6.45) is 0.734. The van der Waals surface area contributed by atoms with Crippen molar-refractivity contribution < 1.29 is 28.5 Å². The van der Waals surface area contributed by atoms with Gasteiger partial charge < -0.3 is 28.7 Å². The highest BCUT2D eigenvalue weighted by Gasteiger charge is 2.43. The Morgan fingerprint density at radius 2 is 1.94 bits per heavy atom. The first-order valence-electron chi connectivity index (χ1n) is 11.1. The Bertz CT molecular complexity index is 1060. The second kappa shape index (κ2) is 10.5. The summed E-state index contributed by atoms with van der Waals surface area (Å²) < 4.78 is 21.8. The highest BCUT2D eigenvalue weighted by molar-refractivity contribution is 8.16. The van der Waals surface area contributed by atoms with E-state index in [2.05, 4.69) is 0 Å². The van der Waals surface area contributed by atoms with Crippen LogP contribution in [0.15, 0.2) is 45.6 Å². The van der Waals surface area contributed by atoms with E-state index < -0.39 is 12.0 Å². The Morgan fingerprint density at radius 1 is 1.18 bits per heavy atom. The van der Waals surface area contributed by atoms with E-state index in [1.807, 2.05) is 34.3 Å². The molecule has 9 nitrogen and oxygen atoms in total. The van der Waals surface area contributed by atoms with Gasteiger partial charge in [0.15, 0.2) is 16.7 Å². The van der Waals surface area contributed by atoms with E-state index in [0.29, 0.717) is 60.7 Å². The number of hydrogen-bond acceptors (Lipinski definition) is 9. The number of allylic oxidation sites excluding steroid dienone is 1. The molecule has 0 aliphatic carbocycles. The lowest BCUT2D eigenvalue weighted by Crippen LogP contribution is -2.42. The van der Waals surface area contributed by atoms with Crippen LogP contribution in [0, 0.1) is 0 Å². The molecule has 1 saturated heterocycles. The zero-order valence-corrected chi connectivity index (χ0v) is 20.6. The maximum atomic E-state index is 13.1. The van der Waals surface area contributed by atoms with Crippen LogP contribution in [0.5, 0.6) is 11.5 Å². The van der Waals surface area contributed by atoms with Gasteiger partial charge >= 0.3 is 5.97 Å². The Balaban J connectivity index is 1.80. The number of carbonyl (C=O) groups is 2. The molecule has 1 aromatic rings. The van der Waals surface area contributed by atoms with Gasteiger partial charge in [0.25, 0.3) is 0 Å². The van der Waals surface area contributed by atoms with Crippen molar-refractivity contribution in [3.8, 4) is 11.5 Å². The van der Waals surface area contributed by atoms with Gasteiger partial charge in [0.2, 0.25) is 5.91 Å². The third-order valence-corrected chi connectivity index (χ3v) is 6.94. The number of thioether (sulfide) groups is 1. The molecule has 1 fully saturated rings. The summed E-state index contributed by atoms with van der Waals surface area (Å²) in [5.74, 6) is 0.611. The molecule has 182 valence electrons. The minimum absolute atomic E-state index is 0.0117. The highest BCUT2D eigenvalue weighted by atomic mass is 32.2. The number of aliphatic imine (C=N–C) groups is 1. The number of morpholine rings is 1. The number of nitrogens with zero attached hydrogens (tertiary/aromatic N) is 3. The summed E-state index contributed by atoms with van der Waals surface area (Å²) in [6.45, 7) is 4.17. The number of rotatable bonds is 7. The van der Waals surface area contributed by atoms with Gasteiger partial charge in [-0.15, -0.1) is 0 Å². The summed E-state index contributed by atoms with van der Waals surface area (Å²) >= 11 is 1.45. The first kappa shape index (κ1) is 24.2. The molecule has 0 saturated carbocycles. The number of fused-ring (bicyclic) bond motifs is 1. The van der Waals surface area contributed by atoms with E-state index in [0.717, 1.165) is 11.3 Å². The number of carbonyl (C=O) groups excluding carboxylic acids is 2. The van der Waals surface area contributed by atoms with E-state index in [1.165, 1.54) is 18.9 Å². The molecule has 1 atom stereocenters. The molecule has 3 heterocycles. The van der Waals surface area contributed by atoms with Crippen LogP contribution in [0.25, 0.3) is 0 Å². The third kappa shape index (κ3) is 4.39. The maximum Gasteiger partial charge on any atom is 0.338 e. The fourth-order valence-corrected chi connectivity index (χ4v) is 5.35. The Labute approximate surface area is 203 Å². The number of benzene rings is 1. The zero-order chi connectivity index (χ0) is 24.2. The fourth-order valence-electron chi connectivity index (χ4n) is 4.41. The van der Waals surface area contributed by atoms with Crippen molar-refractivity contribution in [1.29, 1.82) is 0 Å². The number of hydrogen-bond donors (Lipinski definition) is 0. The van der Waals surface area contributed by atoms with Crippen LogP contribution in [-0.4, -0.2) is 74.5 Å². The minimum atomic E-state index is -0.585. The molecular formula is C24H29N3O6S. The van der Waals surface area contributed by atoms with Gasteiger partial charge in [-0.2, -0.15) is 0 Å². The topological polar surface area (TPSA) is 89.9 Å². The normalized spacial score (nSPS) is 19.9. The van der Waals surface area contributed by atoms with Crippen molar-refractivity contribution in [2.24, 2.45) is 4.99 Å². The summed E-state index contributed by atoms with van der Waals surface area (Å²) in [7, 11) is 4.50. The van der Waals surface area contributed by atoms with Crippen molar-refractivity contribution in [1.82, 2.24) is 9.80 Å². The molecule has 0 spiro atoms. The Morgan fingerprint density at radius 3 is 2.59 bits per heavy atom. The monoisotopic (exact) mass is 487 g/mol. The van der Waals surface area contributed by atoms with Crippen LogP contribution in [0.3, 0.4) is 0 Å². The molecule has 1 aromatic carbocycles. The second-order valence-electron chi connectivity index (χ2n) is 7.85.